The van der Waals surface area contributed by atoms with Crippen molar-refractivity contribution in [3.8, 4) is 0 Å². The zero-order valence-electron chi connectivity index (χ0n) is 22.2. The van der Waals surface area contributed by atoms with E-state index in [9.17, 15) is 4.39 Å². The summed E-state index contributed by atoms with van der Waals surface area (Å²) in [6, 6.07) is 5.76. The quantitative estimate of drug-likeness (QED) is 0.372. The van der Waals surface area contributed by atoms with Crippen LogP contribution in [0.5, 0.6) is 0 Å². The van der Waals surface area contributed by atoms with Gasteiger partial charge in [0.1, 0.15) is 17.3 Å². The van der Waals surface area contributed by atoms with Gasteiger partial charge in [-0.05, 0) is 88.3 Å². The summed E-state index contributed by atoms with van der Waals surface area (Å²) < 4.78 is 53.3. The molecule has 4 nitrogen and oxygen atoms in total. The topological polar surface area (TPSA) is 30.3 Å². The number of halogens is 3. The number of rotatable bonds is 4. The second-order valence-electron chi connectivity index (χ2n) is 10.5. The average molecular weight is 502 g/mol. The standard InChI is InChI=1S/C27H32F3N3O.C2H6/c1-16-11-21(28)25(22(29)12-16)26-18-8-9-23-20(14-31-33(23)24-7-5-6-10-34-24)19(18)13-17(2)32(26)15-27(3,4)30;1-2/h8-9,11-12,14,17,24,26H,5-7,10,13,15H2,1-4H3;1-2H3. The first kappa shape index (κ1) is 26.7. The third-order valence-electron chi connectivity index (χ3n) is 7.10. The Morgan fingerprint density at radius 2 is 1.81 bits per heavy atom. The van der Waals surface area contributed by atoms with Gasteiger partial charge in [-0.2, -0.15) is 5.10 Å². The normalized spacial score (nSPS) is 22.8. The molecule has 3 unspecified atom stereocenters. The van der Waals surface area contributed by atoms with E-state index in [0.29, 0.717) is 12.0 Å². The van der Waals surface area contributed by atoms with Crippen LogP contribution in [0.3, 0.4) is 0 Å². The molecule has 196 valence electrons. The lowest BCUT2D eigenvalue weighted by molar-refractivity contribution is -0.0366. The molecule has 2 aromatic carbocycles. The number of nitrogens with zero attached hydrogens (tertiary/aromatic N) is 3. The Kier molecular flexibility index (Phi) is 7.81. The summed E-state index contributed by atoms with van der Waals surface area (Å²) in [6.07, 6.45) is 5.44. The number of aryl methyl sites for hydroxylation is 1. The zero-order chi connectivity index (χ0) is 26.2. The smallest absolute Gasteiger partial charge is 0.150 e. The molecule has 2 aliphatic rings. The Bertz CT molecular complexity index is 1190. The Morgan fingerprint density at radius 3 is 2.42 bits per heavy atom. The first-order chi connectivity index (χ1) is 17.1. The van der Waals surface area contributed by atoms with E-state index in [4.69, 9.17) is 4.74 Å². The highest BCUT2D eigenvalue weighted by Crippen LogP contribution is 2.43. The van der Waals surface area contributed by atoms with Crippen molar-refractivity contribution in [3.05, 3.63) is 64.4 Å². The highest BCUT2D eigenvalue weighted by atomic mass is 19.1. The van der Waals surface area contributed by atoms with Gasteiger partial charge in [0.2, 0.25) is 0 Å². The molecule has 1 saturated heterocycles. The van der Waals surface area contributed by atoms with Crippen molar-refractivity contribution in [1.29, 1.82) is 0 Å². The Labute approximate surface area is 212 Å². The van der Waals surface area contributed by atoms with Gasteiger partial charge in [-0.15, -0.1) is 0 Å². The first-order valence-electron chi connectivity index (χ1n) is 13.1. The number of hydrogen-bond donors (Lipinski definition) is 0. The van der Waals surface area contributed by atoms with Crippen LogP contribution in [-0.4, -0.2) is 39.5 Å². The molecular formula is C29H38F3N3O. The van der Waals surface area contributed by atoms with Crippen molar-refractivity contribution in [3.63, 3.8) is 0 Å². The lowest BCUT2D eigenvalue weighted by Crippen LogP contribution is -2.48. The van der Waals surface area contributed by atoms with Crippen molar-refractivity contribution >= 4 is 10.9 Å². The van der Waals surface area contributed by atoms with Gasteiger partial charge in [0.05, 0.1) is 17.8 Å². The van der Waals surface area contributed by atoms with E-state index >= 15 is 8.78 Å². The molecule has 0 bridgehead atoms. The van der Waals surface area contributed by atoms with Crippen LogP contribution in [0.2, 0.25) is 0 Å². The number of fused-ring (bicyclic) bond motifs is 3. The molecule has 3 aromatic rings. The van der Waals surface area contributed by atoms with Crippen LogP contribution in [0.25, 0.3) is 10.9 Å². The molecule has 36 heavy (non-hydrogen) atoms. The molecule has 0 spiro atoms. The Hall–Kier alpha value is -2.38. The van der Waals surface area contributed by atoms with E-state index in [0.717, 1.165) is 47.9 Å². The lowest BCUT2D eigenvalue weighted by Gasteiger charge is -2.44. The molecule has 0 amide bonds. The van der Waals surface area contributed by atoms with Gasteiger partial charge in [-0.25, -0.2) is 17.9 Å². The summed E-state index contributed by atoms with van der Waals surface area (Å²) in [5.74, 6) is -1.20. The van der Waals surface area contributed by atoms with Crippen molar-refractivity contribution in [2.75, 3.05) is 13.2 Å². The van der Waals surface area contributed by atoms with E-state index in [1.165, 1.54) is 26.0 Å². The maximum atomic E-state index is 15.3. The van der Waals surface area contributed by atoms with E-state index in [-0.39, 0.29) is 24.4 Å². The Morgan fingerprint density at radius 1 is 1.11 bits per heavy atom. The van der Waals surface area contributed by atoms with Crippen LogP contribution in [-0.2, 0) is 11.2 Å². The molecule has 3 heterocycles. The fourth-order valence-corrected chi connectivity index (χ4v) is 5.65. The second-order valence-corrected chi connectivity index (χ2v) is 10.5. The number of hydrogen-bond acceptors (Lipinski definition) is 3. The van der Waals surface area contributed by atoms with Crippen molar-refractivity contribution in [2.45, 2.75) is 91.2 Å². The van der Waals surface area contributed by atoms with Crippen LogP contribution < -0.4 is 0 Å². The average Bonchev–Trinajstić information content (AvgIpc) is 3.26. The van der Waals surface area contributed by atoms with Crippen molar-refractivity contribution < 1.29 is 17.9 Å². The van der Waals surface area contributed by atoms with Crippen LogP contribution in [0.4, 0.5) is 13.2 Å². The van der Waals surface area contributed by atoms with Gasteiger partial charge in [-0.3, -0.25) is 4.90 Å². The highest BCUT2D eigenvalue weighted by Gasteiger charge is 2.40. The van der Waals surface area contributed by atoms with E-state index in [2.05, 4.69) is 5.10 Å². The minimum absolute atomic E-state index is 0.0231. The summed E-state index contributed by atoms with van der Waals surface area (Å²) in [5, 5.41) is 5.61. The number of alkyl halides is 1. The number of ether oxygens (including phenoxy) is 1. The molecule has 7 heteroatoms. The maximum Gasteiger partial charge on any atom is 0.150 e. The van der Waals surface area contributed by atoms with Gasteiger partial charge in [-0.1, -0.05) is 19.9 Å². The molecule has 0 radical (unpaired) electrons. The third-order valence-corrected chi connectivity index (χ3v) is 7.10. The zero-order valence-corrected chi connectivity index (χ0v) is 22.2. The fourth-order valence-electron chi connectivity index (χ4n) is 5.65. The summed E-state index contributed by atoms with van der Waals surface area (Å²) in [4.78, 5) is 1.90. The summed E-state index contributed by atoms with van der Waals surface area (Å²) in [7, 11) is 0. The SMILES string of the molecule is CC.Cc1cc(F)c(C2c3ccc4c(cnn4C4CCCCO4)c3CC(C)N2CC(C)(C)F)c(F)c1. The van der Waals surface area contributed by atoms with Crippen LogP contribution >= 0.6 is 0 Å². The summed E-state index contributed by atoms with van der Waals surface area (Å²) in [6.45, 7) is 11.5. The monoisotopic (exact) mass is 501 g/mol. The van der Waals surface area contributed by atoms with Crippen molar-refractivity contribution in [1.82, 2.24) is 14.7 Å². The molecule has 1 aromatic heterocycles. The van der Waals surface area contributed by atoms with E-state index in [1.54, 1.807) is 6.92 Å². The minimum atomic E-state index is -1.52. The number of benzene rings is 2. The predicted molar refractivity (Wildman–Crippen MR) is 138 cm³/mol. The Balaban J connectivity index is 0.00000148. The second kappa shape index (κ2) is 10.5. The van der Waals surface area contributed by atoms with Gasteiger partial charge >= 0.3 is 0 Å². The maximum absolute atomic E-state index is 15.3. The van der Waals surface area contributed by atoms with Gasteiger partial charge in [0.25, 0.3) is 0 Å². The van der Waals surface area contributed by atoms with Gasteiger partial charge in [0.15, 0.2) is 6.23 Å². The first-order valence-corrected chi connectivity index (χ1v) is 13.1. The molecule has 0 N–H and O–H groups in total. The number of aromatic nitrogens is 2. The minimum Gasteiger partial charge on any atom is -0.356 e. The van der Waals surface area contributed by atoms with E-state index < -0.39 is 23.3 Å². The van der Waals surface area contributed by atoms with E-state index in [1.807, 2.05) is 48.7 Å². The molecule has 1 fully saturated rings. The van der Waals surface area contributed by atoms with Gasteiger partial charge in [0, 0.05) is 30.1 Å². The molecule has 0 aliphatic carbocycles. The van der Waals surface area contributed by atoms with Crippen molar-refractivity contribution in [2.24, 2.45) is 0 Å². The molecule has 3 atom stereocenters. The molecule has 0 saturated carbocycles. The van der Waals surface area contributed by atoms with Crippen LogP contribution in [0, 0.1) is 18.6 Å². The largest absolute Gasteiger partial charge is 0.356 e. The highest BCUT2D eigenvalue weighted by molar-refractivity contribution is 5.84. The third kappa shape index (κ3) is 5.05. The summed E-state index contributed by atoms with van der Waals surface area (Å²) >= 11 is 0. The van der Waals surface area contributed by atoms with Crippen LogP contribution in [0.1, 0.15) is 88.4 Å². The molecule has 5 rings (SSSR count). The fraction of sp³-hybridized carbons (Fsp3) is 0.552. The predicted octanol–water partition coefficient (Wildman–Crippen LogP) is 7.43. The van der Waals surface area contributed by atoms with Gasteiger partial charge < -0.3 is 4.74 Å². The molecule has 2 aliphatic heterocycles. The summed E-state index contributed by atoms with van der Waals surface area (Å²) in [5.41, 5.74) is 1.76. The molecular weight excluding hydrogens is 463 g/mol. The lowest BCUT2D eigenvalue weighted by atomic mass is 9.82. The van der Waals surface area contributed by atoms with Crippen LogP contribution in [0.15, 0.2) is 30.5 Å².